The number of nitrogens with one attached hydrogen (secondary N) is 1. The van der Waals surface area contributed by atoms with Crippen molar-refractivity contribution in [1.29, 1.82) is 0 Å². The van der Waals surface area contributed by atoms with Crippen molar-refractivity contribution in [3.05, 3.63) is 47.8 Å². The standard InChI is InChI=1S/C16H16FNO3/c17-13-9-12(5-6-14(13)19)18-10-11-3-1-4-15-16(11)21-8-2-7-20-15/h1,3-6,9,18-19H,2,7-8,10H2. The molecule has 0 atom stereocenters. The van der Waals surface area contributed by atoms with E-state index in [9.17, 15) is 9.50 Å². The first-order valence-corrected chi connectivity index (χ1v) is 6.84. The van der Waals surface area contributed by atoms with Crippen LogP contribution in [-0.2, 0) is 6.54 Å². The molecule has 0 spiro atoms. The van der Waals surface area contributed by atoms with Gasteiger partial charge in [-0.2, -0.15) is 0 Å². The maximum absolute atomic E-state index is 13.3. The molecule has 0 saturated carbocycles. The van der Waals surface area contributed by atoms with Crippen LogP contribution in [0.25, 0.3) is 0 Å². The summed E-state index contributed by atoms with van der Waals surface area (Å²) in [5, 5.41) is 12.3. The maximum atomic E-state index is 13.3. The van der Waals surface area contributed by atoms with E-state index >= 15 is 0 Å². The van der Waals surface area contributed by atoms with Crippen LogP contribution in [0.2, 0.25) is 0 Å². The van der Waals surface area contributed by atoms with Gasteiger partial charge in [-0.05, 0) is 18.2 Å². The Labute approximate surface area is 122 Å². The molecule has 1 aliphatic rings. The van der Waals surface area contributed by atoms with Crippen LogP contribution in [-0.4, -0.2) is 18.3 Å². The van der Waals surface area contributed by atoms with E-state index in [-0.39, 0.29) is 5.75 Å². The van der Waals surface area contributed by atoms with Crippen LogP contribution in [0.15, 0.2) is 36.4 Å². The molecule has 0 amide bonds. The first-order chi connectivity index (χ1) is 10.2. The van der Waals surface area contributed by atoms with Gasteiger partial charge in [-0.1, -0.05) is 12.1 Å². The van der Waals surface area contributed by atoms with Gasteiger partial charge in [-0.15, -0.1) is 0 Å². The topological polar surface area (TPSA) is 50.7 Å². The lowest BCUT2D eigenvalue weighted by Crippen LogP contribution is -2.03. The second-order valence-electron chi connectivity index (χ2n) is 4.81. The number of fused-ring (bicyclic) bond motifs is 1. The lowest BCUT2D eigenvalue weighted by atomic mass is 10.1. The third-order valence-corrected chi connectivity index (χ3v) is 3.28. The van der Waals surface area contributed by atoms with Crippen molar-refractivity contribution in [2.75, 3.05) is 18.5 Å². The van der Waals surface area contributed by atoms with Gasteiger partial charge in [0.2, 0.25) is 0 Å². The Morgan fingerprint density at radius 3 is 2.86 bits per heavy atom. The molecule has 0 unspecified atom stereocenters. The fourth-order valence-corrected chi connectivity index (χ4v) is 2.21. The molecule has 0 aliphatic carbocycles. The van der Waals surface area contributed by atoms with Crippen LogP contribution in [0.1, 0.15) is 12.0 Å². The predicted molar refractivity (Wildman–Crippen MR) is 77.4 cm³/mol. The zero-order valence-electron chi connectivity index (χ0n) is 11.4. The normalized spacial score (nSPS) is 13.6. The minimum absolute atomic E-state index is 0.356. The van der Waals surface area contributed by atoms with Gasteiger partial charge in [0, 0.05) is 30.3 Å². The van der Waals surface area contributed by atoms with Crippen molar-refractivity contribution in [2.24, 2.45) is 0 Å². The Kier molecular flexibility index (Phi) is 3.81. The number of halogens is 1. The number of hydrogen-bond donors (Lipinski definition) is 2. The SMILES string of the molecule is Oc1ccc(NCc2cccc3c2OCCCO3)cc1F. The monoisotopic (exact) mass is 289 g/mol. The molecule has 0 radical (unpaired) electrons. The van der Waals surface area contributed by atoms with Gasteiger partial charge in [0.15, 0.2) is 23.1 Å². The average molecular weight is 289 g/mol. The van der Waals surface area contributed by atoms with E-state index in [0.29, 0.717) is 25.4 Å². The molecule has 21 heavy (non-hydrogen) atoms. The molecule has 0 aromatic heterocycles. The molecule has 2 N–H and O–H groups in total. The first kappa shape index (κ1) is 13.5. The summed E-state index contributed by atoms with van der Waals surface area (Å²) in [4.78, 5) is 0. The number of para-hydroxylation sites is 1. The number of rotatable bonds is 3. The molecule has 1 aliphatic heterocycles. The highest BCUT2D eigenvalue weighted by molar-refractivity contribution is 5.51. The van der Waals surface area contributed by atoms with Crippen molar-refractivity contribution in [3.8, 4) is 17.2 Å². The molecule has 1 heterocycles. The number of phenols is 1. The minimum atomic E-state index is -0.647. The molecule has 0 fully saturated rings. The Morgan fingerprint density at radius 2 is 2.00 bits per heavy atom. The van der Waals surface area contributed by atoms with Gasteiger partial charge in [-0.25, -0.2) is 4.39 Å². The molecular formula is C16H16FNO3. The van der Waals surface area contributed by atoms with E-state index in [1.165, 1.54) is 12.1 Å². The van der Waals surface area contributed by atoms with Gasteiger partial charge >= 0.3 is 0 Å². The van der Waals surface area contributed by atoms with Crippen molar-refractivity contribution < 1.29 is 19.0 Å². The van der Waals surface area contributed by atoms with Crippen LogP contribution < -0.4 is 14.8 Å². The number of phenolic OH excluding ortho intramolecular Hbond substituents is 1. The van der Waals surface area contributed by atoms with Crippen molar-refractivity contribution in [1.82, 2.24) is 0 Å². The van der Waals surface area contributed by atoms with Crippen molar-refractivity contribution in [2.45, 2.75) is 13.0 Å². The highest BCUT2D eigenvalue weighted by Gasteiger charge is 2.14. The summed E-state index contributed by atoms with van der Waals surface area (Å²) in [5.41, 5.74) is 1.54. The highest BCUT2D eigenvalue weighted by Crippen LogP contribution is 2.33. The average Bonchev–Trinajstić information content (AvgIpc) is 2.74. The van der Waals surface area contributed by atoms with E-state index in [0.717, 1.165) is 23.5 Å². The van der Waals surface area contributed by atoms with Gasteiger partial charge in [0.25, 0.3) is 0 Å². The van der Waals surface area contributed by atoms with E-state index in [4.69, 9.17) is 9.47 Å². The Hall–Kier alpha value is -2.43. The summed E-state index contributed by atoms with van der Waals surface area (Å²) in [6.45, 7) is 1.75. The minimum Gasteiger partial charge on any atom is -0.505 e. The predicted octanol–water partition coefficient (Wildman–Crippen LogP) is 3.30. The largest absolute Gasteiger partial charge is 0.505 e. The maximum Gasteiger partial charge on any atom is 0.166 e. The van der Waals surface area contributed by atoms with Crippen LogP contribution in [0.4, 0.5) is 10.1 Å². The van der Waals surface area contributed by atoms with E-state index in [1.807, 2.05) is 18.2 Å². The van der Waals surface area contributed by atoms with E-state index < -0.39 is 5.82 Å². The quantitative estimate of drug-likeness (QED) is 0.851. The molecule has 2 aromatic carbocycles. The van der Waals surface area contributed by atoms with E-state index in [1.54, 1.807) is 6.07 Å². The third-order valence-electron chi connectivity index (χ3n) is 3.28. The Bertz CT molecular complexity index is 645. The van der Waals surface area contributed by atoms with Gasteiger partial charge in [0.05, 0.1) is 13.2 Å². The van der Waals surface area contributed by atoms with Crippen molar-refractivity contribution >= 4 is 5.69 Å². The number of aromatic hydroxyl groups is 1. The zero-order chi connectivity index (χ0) is 14.7. The van der Waals surface area contributed by atoms with Crippen LogP contribution in [0.5, 0.6) is 17.2 Å². The molecule has 0 bridgehead atoms. The Balaban J connectivity index is 1.77. The molecule has 0 saturated heterocycles. The van der Waals surface area contributed by atoms with Crippen LogP contribution >= 0.6 is 0 Å². The summed E-state index contributed by atoms with van der Waals surface area (Å²) in [6, 6.07) is 9.93. The number of ether oxygens (including phenoxy) is 2. The molecule has 5 heteroatoms. The summed E-state index contributed by atoms with van der Waals surface area (Å²) < 4.78 is 24.7. The van der Waals surface area contributed by atoms with Crippen molar-refractivity contribution in [3.63, 3.8) is 0 Å². The number of hydrogen-bond acceptors (Lipinski definition) is 4. The second-order valence-corrected chi connectivity index (χ2v) is 4.81. The third kappa shape index (κ3) is 3.02. The molecular weight excluding hydrogens is 273 g/mol. The van der Waals surface area contributed by atoms with E-state index in [2.05, 4.69) is 5.32 Å². The zero-order valence-corrected chi connectivity index (χ0v) is 11.4. The first-order valence-electron chi connectivity index (χ1n) is 6.84. The molecule has 3 rings (SSSR count). The number of benzene rings is 2. The summed E-state index contributed by atoms with van der Waals surface area (Å²) in [5.74, 6) is 0.475. The fourth-order valence-electron chi connectivity index (χ4n) is 2.21. The number of anilines is 1. The van der Waals surface area contributed by atoms with Crippen LogP contribution in [0.3, 0.4) is 0 Å². The van der Waals surface area contributed by atoms with Gasteiger partial charge in [-0.3, -0.25) is 0 Å². The molecule has 4 nitrogen and oxygen atoms in total. The summed E-state index contributed by atoms with van der Waals surface area (Å²) in [6.07, 6.45) is 0.852. The lowest BCUT2D eigenvalue weighted by Gasteiger charge is -2.13. The Morgan fingerprint density at radius 1 is 1.14 bits per heavy atom. The van der Waals surface area contributed by atoms with Gasteiger partial charge in [0.1, 0.15) is 0 Å². The molecule has 2 aromatic rings. The summed E-state index contributed by atoms with van der Waals surface area (Å²) in [7, 11) is 0. The summed E-state index contributed by atoms with van der Waals surface area (Å²) >= 11 is 0. The highest BCUT2D eigenvalue weighted by atomic mass is 19.1. The van der Waals surface area contributed by atoms with Crippen LogP contribution in [0, 0.1) is 5.82 Å². The second kappa shape index (κ2) is 5.91. The van der Waals surface area contributed by atoms with Gasteiger partial charge < -0.3 is 19.9 Å². The molecule has 110 valence electrons. The smallest absolute Gasteiger partial charge is 0.166 e. The lowest BCUT2D eigenvalue weighted by molar-refractivity contribution is 0.296. The fraction of sp³-hybridized carbons (Fsp3) is 0.250.